The quantitative estimate of drug-likeness (QED) is 0.669. The van der Waals surface area contributed by atoms with Crippen molar-refractivity contribution in [1.82, 2.24) is 24.1 Å². The normalized spacial score (nSPS) is 14.4. The van der Waals surface area contributed by atoms with Gasteiger partial charge < -0.3 is 9.47 Å². The van der Waals surface area contributed by atoms with E-state index in [1.54, 1.807) is 9.42 Å². The van der Waals surface area contributed by atoms with E-state index < -0.39 is 0 Å². The molecule has 0 fully saturated rings. The minimum Gasteiger partial charge on any atom is -0.329 e. The van der Waals surface area contributed by atoms with E-state index in [9.17, 15) is 4.79 Å². The van der Waals surface area contributed by atoms with Gasteiger partial charge in [0.1, 0.15) is 5.82 Å². The monoisotopic (exact) mass is 359 g/mol. The van der Waals surface area contributed by atoms with Gasteiger partial charge in [-0.3, -0.25) is 4.79 Å². The highest BCUT2D eigenvalue weighted by Gasteiger charge is 2.25. The second-order valence-electron chi connectivity index (χ2n) is 5.44. The Labute approximate surface area is 135 Å². The molecule has 1 aliphatic rings. The van der Waals surface area contributed by atoms with Gasteiger partial charge in [0.05, 0.1) is 12.1 Å². The predicted octanol–water partition coefficient (Wildman–Crippen LogP) is 2.26. The molecule has 0 atom stereocenters. The first-order valence-corrected chi connectivity index (χ1v) is 7.86. The minimum atomic E-state index is -0.0493. The maximum Gasteiger partial charge on any atom is 0.274 e. The number of hydrogen-bond acceptors (Lipinski definition) is 3. The van der Waals surface area contributed by atoms with Crippen molar-refractivity contribution in [3.63, 3.8) is 0 Å². The van der Waals surface area contributed by atoms with E-state index in [2.05, 4.69) is 30.6 Å². The number of carbonyl (C=O) groups is 1. The molecule has 7 heteroatoms. The summed E-state index contributed by atoms with van der Waals surface area (Å²) in [5.41, 5.74) is 2.51. The van der Waals surface area contributed by atoms with Crippen molar-refractivity contribution in [1.29, 1.82) is 0 Å². The second kappa shape index (κ2) is 4.95. The molecule has 0 saturated heterocycles. The molecule has 6 nitrogen and oxygen atoms in total. The van der Waals surface area contributed by atoms with Crippen molar-refractivity contribution in [2.24, 2.45) is 0 Å². The van der Waals surface area contributed by atoms with Crippen molar-refractivity contribution in [3.05, 3.63) is 52.3 Å². The Morgan fingerprint density at radius 2 is 2.18 bits per heavy atom. The molecule has 1 amide bonds. The Morgan fingerprint density at radius 3 is 3.05 bits per heavy atom. The number of aromatic nitrogens is 4. The number of nitrogens with zero attached hydrogens (tertiary/aromatic N) is 5. The number of imidazole rings is 1. The number of hydrogen-bond donors (Lipinski definition) is 0. The summed E-state index contributed by atoms with van der Waals surface area (Å²) in [5.74, 6) is 0.885. The second-order valence-corrected chi connectivity index (χ2v) is 6.36. The van der Waals surface area contributed by atoms with Crippen LogP contribution in [0.15, 0.2) is 35.1 Å². The smallest absolute Gasteiger partial charge is 0.274 e. The highest BCUT2D eigenvalue weighted by molar-refractivity contribution is 9.10. The molecular formula is C15H14BrN5O. The summed E-state index contributed by atoms with van der Waals surface area (Å²) in [7, 11) is 0. The van der Waals surface area contributed by atoms with E-state index >= 15 is 0 Å². The van der Waals surface area contributed by atoms with Crippen molar-refractivity contribution in [2.45, 2.75) is 20.0 Å². The summed E-state index contributed by atoms with van der Waals surface area (Å²) in [4.78, 5) is 18.9. The number of rotatable bonds is 1. The van der Waals surface area contributed by atoms with Gasteiger partial charge in [0.2, 0.25) is 0 Å². The van der Waals surface area contributed by atoms with Crippen LogP contribution in [0.1, 0.15) is 22.0 Å². The highest BCUT2D eigenvalue weighted by Crippen LogP contribution is 2.18. The third-order valence-corrected chi connectivity index (χ3v) is 4.46. The number of fused-ring (bicyclic) bond motifs is 2. The van der Waals surface area contributed by atoms with Crippen LogP contribution in [0, 0.1) is 6.92 Å². The van der Waals surface area contributed by atoms with Gasteiger partial charge in [-0.25, -0.2) is 9.50 Å². The third-order valence-electron chi connectivity index (χ3n) is 3.99. The highest BCUT2D eigenvalue weighted by atomic mass is 79.9. The topological polar surface area (TPSA) is 55.4 Å². The molecule has 112 valence electrons. The summed E-state index contributed by atoms with van der Waals surface area (Å²) in [6.07, 6.45) is 3.70. The lowest BCUT2D eigenvalue weighted by atomic mass is 10.3. The molecule has 0 unspecified atom stereocenters. The van der Waals surface area contributed by atoms with Gasteiger partial charge in [0.25, 0.3) is 5.91 Å². The van der Waals surface area contributed by atoms with E-state index in [0.29, 0.717) is 18.8 Å². The zero-order chi connectivity index (χ0) is 15.3. The zero-order valence-electron chi connectivity index (χ0n) is 12.0. The molecule has 4 heterocycles. The number of pyridine rings is 1. The van der Waals surface area contributed by atoms with Crippen molar-refractivity contribution in [2.75, 3.05) is 6.54 Å². The molecule has 0 aromatic carbocycles. The lowest BCUT2D eigenvalue weighted by molar-refractivity contribution is 0.0700. The lowest BCUT2D eigenvalue weighted by Gasteiger charge is -2.27. The summed E-state index contributed by atoms with van der Waals surface area (Å²) < 4.78 is 4.80. The molecule has 0 radical (unpaired) electrons. The maximum absolute atomic E-state index is 12.7. The van der Waals surface area contributed by atoms with Crippen molar-refractivity contribution >= 4 is 27.4 Å². The summed E-state index contributed by atoms with van der Waals surface area (Å²) in [6, 6.07) is 5.69. The van der Waals surface area contributed by atoms with Crippen LogP contribution in [0.4, 0.5) is 0 Å². The van der Waals surface area contributed by atoms with Gasteiger partial charge in [-0.15, -0.1) is 0 Å². The Kier molecular flexibility index (Phi) is 3.04. The Morgan fingerprint density at radius 1 is 1.32 bits per heavy atom. The number of halogens is 1. The molecule has 3 aromatic rings. The van der Waals surface area contributed by atoms with Crippen LogP contribution in [0.3, 0.4) is 0 Å². The Hall–Kier alpha value is -2.15. The molecule has 0 spiro atoms. The average molecular weight is 360 g/mol. The first-order chi connectivity index (χ1) is 10.6. The van der Waals surface area contributed by atoms with Crippen LogP contribution in [0.25, 0.3) is 5.52 Å². The first kappa shape index (κ1) is 13.5. The molecule has 0 bridgehead atoms. The van der Waals surface area contributed by atoms with Crippen LogP contribution >= 0.6 is 15.9 Å². The van der Waals surface area contributed by atoms with Crippen LogP contribution in [-0.2, 0) is 13.1 Å². The number of amides is 1. The standard InChI is InChI=1S/C15H14BrN5O/c1-10-7-17-14-9-19(4-5-20(10)14)15(22)13-6-12-3-2-11(16)8-21(12)18-13/h2-3,6-8H,4-5,9H2,1H3. The van der Waals surface area contributed by atoms with E-state index in [1.165, 1.54) is 0 Å². The van der Waals surface area contributed by atoms with Crippen LogP contribution in [0.2, 0.25) is 0 Å². The van der Waals surface area contributed by atoms with Crippen LogP contribution in [0.5, 0.6) is 0 Å². The van der Waals surface area contributed by atoms with Gasteiger partial charge in [-0.1, -0.05) is 0 Å². The minimum absolute atomic E-state index is 0.0493. The summed E-state index contributed by atoms with van der Waals surface area (Å²) in [5, 5.41) is 4.38. The Bertz CT molecular complexity index is 881. The Balaban J connectivity index is 1.63. The molecule has 4 rings (SSSR count). The molecule has 22 heavy (non-hydrogen) atoms. The predicted molar refractivity (Wildman–Crippen MR) is 84.6 cm³/mol. The number of carbonyl (C=O) groups excluding carboxylic acids is 1. The lowest BCUT2D eigenvalue weighted by Crippen LogP contribution is -2.38. The van der Waals surface area contributed by atoms with E-state index in [4.69, 9.17) is 0 Å². The number of aryl methyl sites for hydroxylation is 1. The largest absolute Gasteiger partial charge is 0.329 e. The van der Waals surface area contributed by atoms with Crippen LogP contribution < -0.4 is 0 Å². The molecule has 1 aliphatic heterocycles. The molecular weight excluding hydrogens is 346 g/mol. The van der Waals surface area contributed by atoms with E-state index in [0.717, 1.165) is 28.1 Å². The van der Waals surface area contributed by atoms with E-state index in [1.807, 2.05) is 37.5 Å². The van der Waals surface area contributed by atoms with E-state index in [-0.39, 0.29) is 5.91 Å². The van der Waals surface area contributed by atoms with Crippen molar-refractivity contribution in [3.8, 4) is 0 Å². The fourth-order valence-corrected chi connectivity index (χ4v) is 3.14. The molecule has 0 N–H and O–H groups in total. The van der Waals surface area contributed by atoms with Gasteiger partial charge >= 0.3 is 0 Å². The zero-order valence-corrected chi connectivity index (χ0v) is 13.6. The maximum atomic E-state index is 12.7. The van der Waals surface area contributed by atoms with Gasteiger partial charge in [-0.05, 0) is 41.1 Å². The van der Waals surface area contributed by atoms with Crippen molar-refractivity contribution < 1.29 is 4.79 Å². The molecule has 0 saturated carbocycles. The average Bonchev–Trinajstić information content (AvgIpc) is 3.09. The fourth-order valence-electron chi connectivity index (χ4n) is 2.81. The summed E-state index contributed by atoms with van der Waals surface area (Å²) in [6.45, 7) is 4.03. The third kappa shape index (κ3) is 2.12. The van der Waals surface area contributed by atoms with Crippen LogP contribution in [-0.4, -0.2) is 36.5 Å². The fraction of sp³-hybridized carbons (Fsp3) is 0.267. The first-order valence-electron chi connectivity index (χ1n) is 7.07. The van der Waals surface area contributed by atoms with Gasteiger partial charge in [0, 0.05) is 35.6 Å². The summed E-state index contributed by atoms with van der Waals surface area (Å²) >= 11 is 3.41. The molecule has 0 aliphatic carbocycles. The van der Waals surface area contributed by atoms with Gasteiger partial charge in [-0.2, -0.15) is 5.10 Å². The van der Waals surface area contributed by atoms with Gasteiger partial charge in [0.15, 0.2) is 5.69 Å². The molecule has 3 aromatic heterocycles. The SMILES string of the molecule is Cc1cnc2n1CCN(C(=O)c1cc3ccc(Br)cn3n1)C2.